The molecule has 0 amide bonds. The fourth-order valence-corrected chi connectivity index (χ4v) is 2.47. The number of anilines is 1. The SMILES string of the molecule is Fc1ccc(-n2ccnc2NC2CCCC2)cc1. The van der Waals surface area contributed by atoms with Crippen LogP contribution in [0.2, 0.25) is 0 Å². The van der Waals surface area contributed by atoms with Gasteiger partial charge in [-0.3, -0.25) is 4.57 Å². The summed E-state index contributed by atoms with van der Waals surface area (Å²) in [6.45, 7) is 0. The van der Waals surface area contributed by atoms with E-state index in [0.717, 1.165) is 11.6 Å². The lowest BCUT2D eigenvalue weighted by Crippen LogP contribution is -2.17. The lowest BCUT2D eigenvalue weighted by atomic mass is 10.2. The topological polar surface area (TPSA) is 29.9 Å². The van der Waals surface area contributed by atoms with Crippen molar-refractivity contribution in [3.63, 3.8) is 0 Å². The molecule has 1 aliphatic rings. The van der Waals surface area contributed by atoms with Gasteiger partial charge in [0.15, 0.2) is 0 Å². The van der Waals surface area contributed by atoms with Gasteiger partial charge in [-0.25, -0.2) is 9.37 Å². The molecule has 0 bridgehead atoms. The Bertz CT molecular complexity index is 512. The van der Waals surface area contributed by atoms with Crippen LogP contribution < -0.4 is 5.32 Å². The predicted octanol–water partition coefficient (Wildman–Crippen LogP) is 3.37. The zero-order valence-corrected chi connectivity index (χ0v) is 10.1. The van der Waals surface area contributed by atoms with Crippen LogP contribution in [0.15, 0.2) is 36.7 Å². The number of nitrogens with one attached hydrogen (secondary N) is 1. The van der Waals surface area contributed by atoms with Gasteiger partial charge >= 0.3 is 0 Å². The molecule has 1 N–H and O–H groups in total. The van der Waals surface area contributed by atoms with Crippen molar-refractivity contribution in [3.8, 4) is 5.69 Å². The van der Waals surface area contributed by atoms with Crippen molar-refractivity contribution in [3.05, 3.63) is 42.5 Å². The summed E-state index contributed by atoms with van der Waals surface area (Å²) in [6, 6.07) is 6.98. The van der Waals surface area contributed by atoms with Gasteiger partial charge in [-0.15, -0.1) is 0 Å². The van der Waals surface area contributed by atoms with E-state index in [1.807, 2.05) is 10.8 Å². The second-order valence-electron chi connectivity index (χ2n) is 4.72. The number of benzene rings is 1. The number of nitrogens with zero attached hydrogens (tertiary/aromatic N) is 2. The molecule has 0 unspecified atom stereocenters. The van der Waals surface area contributed by atoms with E-state index >= 15 is 0 Å². The number of hydrogen-bond donors (Lipinski definition) is 1. The third kappa shape index (κ3) is 2.23. The fourth-order valence-electron chi connectivity index (χ4n) is 2.47. The van der Waals surface area contributed by atoms with E-state index in [-0.39, 0.29) is 5.82 Å². The summed E-state index contributed by atoms with van der Waals surface area (Å²) in [6.07, 6.45) is 8.64. The summed E-state index contributed by atoms with van der Waals surface area (Å²) in [4.78, 5) is 4.34. The first-order valence-corrected chi connectivity index (χ1v) is 6.39. The van der Waals surface area contributed by atoms with Crippen molar-refractivity contribution in [2.24, 2.45) is 0 Å². The summed E-state index contributed by atoms with van der Waals surface area (Å²) >= 11 is 0. The highest BCUT2D eigenvalue weighted by atomic mass is 19.1. The summed E-state index contributed by atoms with van der Waals surface area (Å²) in [5, 5.41) is 3.46. The molecule has 0 radical (unpaired) electrons. The molecule has 4 heteroatoms. The van der Waals surface area contributed by atoms with Gasteiger partial charge in [0.2, 0.25) is 5.95 Å². The van der Waals surface area contributed by atoms with Crippen LogP contribution >= 0.6 is 0 Å². The first-order chi connectivity index (χ1) is 8.83. The minimum atomic E-state index is -0.218. The molecule has 0 saturated heterocycles. The Morgan fingerprint density at radius 3 is 2.61 bits per heavy atom. The fraction of sp³-hybridized carbons (Fsp3) is 0.357. The molecule has 18 heavy (non-hydrogen) atoms. The largest absolute Gasteiger partial charge is 0.353 e. The minimum Gasteiger partial charge on any atom is -0.353 e. The van der Waals surface area contributed by atoms with Crippen molar-refractivity contribution in [2.75, 3.05) is 5.32 Å². The van der Waals surface area contributed by atoms with Crippen LogP contribution in [0, 0.1) is 5.82 Å². The van der Waals surface area contributed by atoms with E-state index in [1.165, 1.54) is 37.8 Å². The van der Waals surface area contributed by atoms with Gasteiger partial charge in [0.1, 0.15) is 5.82 Å². The Morgan fingerprint density at radius 2 is 1.89 bits per heavy atom. The maximum atomic E-state index is 12.9. The van der Waals surface area contributed by atoms with Gasteiger partial charge in [0, 0.05) is 24.1 Å². The Labute approximate surface area is 106 Å². The van der Waals surface area contributed by atoms with Crippen molar-refractivity contribution in [1.82, 2.24) is 9.55 Å². The lowest BCUT2D eigenvalue weighted by molar-refractivity contribution is 0.627. The highest BCUT2D eigenvalue weighted by Crippen LogP contribution is 2.23. The number of imidazole rings is 1. The van der Waals surface area contributed by atoms with Crippen molar-refractivity contribution in [1.29, 1.82) is 0 Å². The zero-order valence-electron chi connectivity index (χ0n) is 10.1. The second-order valence-corrected chi connectivity index (χ2v) is 4.72. The average Bonchev–Trinajstić information content (AvgIpc) is 3.02. The molecule has 1 heterocycles. The average molecular weight is 245 g/mol. The van der Waals surface area contributed by atoms with E-state index in [4.69, 9.17) is 0 Å². The van der Waals surface area contributed by atoms with Crippen molar-refractivity contribution in [2.45, 2.75) is 31.7 Å². The van der Waals surface area contributed by atoms with Gasteiger partial charge in [-0.1, -0.05) is 12.8 Å². The monoisotopic (exact) mass is 245 g/mol. The highest BCUT2D eigenvalue weighted by molar-refractivity contribution is 5.42. The Kier molecular flexibility index (Phi) is 3.00. The normalized spacial score (nSPS) is 16.1. The molecule has 1 saturated carbocycles. The third-order valence-electron chi connectivity index (χ3n) is 3.43. The van der Waals surface area contributed by atoms with E-state index < -0.39 is 0 Å². The van der Waals surface area contributed by atoms with Gasteiger partial charge in [0.05, 0.1) is 0 Å². The van der Waals surface area contributed by atoms with Crippen LogP contribution in [0.1, 0.15) is 25.7 Å². The molecular weight excluding hydrogens is 229 g/mol. The summed E-state index contributed by atoms with van der Waals surface area (Å²) in [5.41, 5.74) is 0.925. The van der Waals surface area contributed by atoms with Crippen molar-refractivity contribution >= 4 is 5.95 Å². The van der Waals surface area contributed by atoms with Gasteiger partial charge < -0.3 is 5.32 Å². The second kappa shape index (κ2) is 4.80. The molecule has 3 nitrogen and oxygen atoms in total. The molecule has 0 atom stereocenters. The number of aromatic nitrogens is 2. The van der Waals surface area contributed by atoms with Crippen LogP contribution in [0.5, 0.6) is 0 Å². The standard InChI is InChI=1S/C14H16FN3/c15-11-5-7-13(8-6-11)18-10-9-16-14(18)17-12-3-1-2-4-12/h5-10,12H,1-4H2,(H,16,17). The lowest BCUT2D eigenvalue weighted by Gasteiger charge is -2.14. The molecular formula is C14H16FN3. The van der Waals surface area contributed by atoms with Crippen LogP contribution in [-0.4, -0.2) is 15.6 Å². The van der Waals surface area contributed by atoms with E-state index in [9.17, 15) is 4.39 Å². The molecule has 0 aliphatic heterocycles. The molecule has 1 aromatic carbocycles. The van der Waals surface area contributed by atoms with Gasteiger partial charge in [0.25, 0.3) is 0 Å². The minimum absolute atomic E-state index is 0.218. The van der Waals surface area contributed by atoms with Gasteiger partial charge in [-0.2, -0.15) is 0 Å². The maximum absolute atomic E-state index is 12.9. The first kappa shape index (κ1) is 11.3. The van der Waals surface area contributed by atoms with Crippen LogP contribution in [0.3, 0.4) is 0 Å². The summed E-state index contributed by atoms with van der Waals surface area (Å²) in [7, 11) is 0. The number of halogens is 1. The molecule has 1 aromatic heterocycles. The van der Waals surface area contributed by atoms with Gasteiger partial charge in [-0.05, 0) is 37.1 Å². The Morgan fingerprint density at radius 1 is 1.17 bits per heavy atom. The number of rotatable bonds is 3. The molecule has 1 aliphatic carbocycles. The zero-order chi connectivity index (χ0) is 12.4. The quantitative estimate of drug-likeness (QED) is 0.898. The van der Waals surface area contributed by atoms with E-state index in [1.54, 1.807) is 18.3 Å². The maximum Gasteiger partial charge on any atom is 0.207 e. The van der Waals surface area contributed by atoms with Crippen LogP contribution in [-0.2, 0) is 0 Å². The van der Waals surface area contributed by atoms with Crippen molar-refractivity contribution < 1.29 is 4.39 Å². The first-order valence-electron chi connectivity index (χ1n) is 6.39. The molecule has 0 spiro atoms. The van der Waals surface area contributed by atoms with Crippen LogP contribution in [0.25, 0.3) is 5.69 Å². The molecule has 1 fully saturated rings. The Balaban J connectivity index is 1.84. The molecule has 2 aromatic rings. The summed E-state index contributed by atoms with van der Waals surface area (Å²) < 4.78 is 14.9. The predicted molar refractivity (Wildman–Crippen MR) is 69.4 cm³/mol. The molecule has 94 valence electrons. The highest BCUT2D eigenvalue weighted by Gasteiger charge is 2.16. The Hall–Kier alpha value is -1.84. The van der Waals surface area contributed by atoms with E-state index in [0.29, 0.717) is 6.04 Å². The van der Waals surface area contributed by atoms with E-state index in [2.05, 4.69) is 10.3 Å². The number of hydrogen-bond acceptors (Lipinski definition) is 2. The molecule has 3 rings (SSSR count). The summed E-state index contributed by atoms with van der Waals surface area (Å²) in [5.74, 6) is 0.623. The van der Waals surface area contributed by atoms with Crippen LogP contribution in [0.4, 0.5) is 10.3 Å². The smallest absolute Gasteiger partial charge is 0.207 e. The third-order valence-corrected chi connectivity index (χ3v) is 3.43.